The Hall–Kier alpha value is -1.39. The fourth-order valence-electron chi connectivity index (χ4n) is 2.30. The monoisotopic (exact) mass is 248 g/mol. The van der Waals surface area contributed by atoms with Crippen molar-refractivity contribution < 1.29 is 9.90 Å². The van der Waals surface area contributed by atoms with E-state index in [1.807, 2.05) is 42.2 Å². The van der Waals surface area contributed by atoms with E-state index in [4.69, 9.17) is 0 Å². The molecule has 2 unspecified atom stereocenters. The number of aliphatic hydroxyl groups is 1. The summed E-state index contributed by atoms with van der Waals surface area (Å²) in [6, 6.07) is 9.78. The molecule has 1 aromatic rings. The number of carbonyl (C=O) groups excluding carboxylic acids is 1. The van der Waals surface area contributed by atoms with Crippen molar-refractivity contribution in [2.75, 3.05) is 13.2 Å². The van der Waals surface area contributed by atoms with Crippen molar-refractivity contribution in [3.05, 3.63) is 35.9 Å². The van der Waals surface area contributed by atoms with Crippen LogP contribution in [0.3, 0.4) is 0 Å². The Bertz CT molecular complexity index is 394. The van der Waals surface area contributed by atoms with Gasteiger partial charge in [0.05, 0.1) is 6.61 Å². The highest BCUT2D eigenvalue weighted by Gasteiger charge is 2.29. The average Bonchev–Trinajstić information content (AvgIpc) is 2.50. The van der Waals surface area contributed by atoms with Gasteiger partial charge in [-0.2, -0.15) is 0 Å². The number of nitrogens with one attached hydrogen (secondary N) is 1. The molecule has 1 saturated heterocycles. The molecule has 0 aliphatic carbocycles. The van der Waals surface area contributed by atoms with Crippen molar-refractivity contribution in [1.82, 2.24) is 10.2 Å². The number of rotatable bonds is 3. The van der Waals surface area contributed by atoms with Gasteiger partial charge in [-0.25, -0.2) is 0 Å². The fourth-order valence-corrected chi connectivity index (χ4v) is 2.30. The number of hydrogen-bond acceptors (Lipinski definition) is 3. The van der Waals surface area contributed by atoms with Crippen molar-refractivity contribution >= 4 is 5.91 Å². The Morgan fingerprint density at radius 1 is 1.39 bits per heavy atom. The number of amides is 1. The van der Waals surface area contributed by atoms with Crippen LogP contribution in [0.1, 0.15) is 18.9 Å². The molecule has 18 heavy (non-hydrogen) atoms. The first kappa shape index (κ1) is 13.1. The van der Waals surface area contributed by atoms with Gasteiger partial charge in [0, 0.05) is 19.1 Å². The van der Waals surface area contributed by atoms with Crippen molar-refractivity contribution in [3.63, 3.8) is 0 Å². The predicted octanol–water partition coefficient (Wildman–Crippen LogP) is 0.758. The van der Waals surface area contributed by atoms with Crippen LogP contribution in [0, 0.1) is 0 Å². The third kappa shape index (κ3) is 3.09. The van der Waals surface area contributed by atoms with E-state index in [0.717, 1.165) is 13.0 Å². The van der Waals surface area contributed by atoms with E-state index in [1.165, 1.54) is 5.56 Å². The van der Waals surface area contributed by atoms with Gasteiger partial charge in [-0.15, -0.1) is 0 Å². The third-order valence-electron chi connectivity index (χ3n) is 3.38. The first-order valence-corrected chi connectivity index (χ1v) is 6.40. The summed E-state index contributed by atoms with van der Waals surface area (Å²) in [6.07, 6.45) is 0.912. The maximum absolute atomic E-state index is 11.9. The summed E-state index contributed by atoms with van der Waals surface area (Å²) in [5.41, 5.74) is 1.17. The summed E-state index contributed by atoms with van der Waals surface area (Å²) >= 11 is 0. The number of nitrogens with zero attached hydrogens (tertiary/aromatic N) is 1. The van der Waals surface area contributed by atoms with Gasteiger partial charge in [0.1, 0.15) is 6.04 Å². The van der Waals surface area contributed by atoms with Crippen molar-refractivity contribution in [2.24, 2.45) is 0 Å². The highest BCUT2D eigenvalue weighted by molar-refractivity contribution is 5.82. The van der Waals surface area contributed by atoms with E-state index in [2.05, 4.69) is 5.32 Å². The maximum atomic E-state index is 11.9. The molecule has 1 aliphatic rings. The second-order valence-corrected chi connectivity index (χ2v) is 4.85. The largest absolute Gasteiger partial charge is 0.394 e. The standard InChI is InChI=1S/C14H20N2O2/c1-11-7-8-16(13(10-17)14(18)15-11)9-12-5-3-2-4-6-12/h2-6,11,13,17H,7-10H2,1H3,(H,15,18). The lowest BCUT2D eigenvalue weighted by molar-refractivity contribution is -0.127. The normalized spacial score (nSPS) is 25.6. The van der Waals surface area contributed by atoms with Crippen LogP contribution in [0.4, 0.5) is 0 Å². The van der Waals surface area contributed by atoms with Crippen LogP contribution in [0.25, 0.3) is 0 Å². The summed E-state index contributed by atoms with van der Waals surface area (Å²) in [6.45, 7) is 3.38. The molecule has 1 amide bonds. The van der Waals surface area contributed by atoms with Gasteiger partial charge in [-0.05, 0) is 18.9 Å². The molecule has 0 bridgehead atoms. The van der Waals surface area contributed by atoms with E-state index >= 15 is 0 Å². The number of carbonyl (C=O) groups is 1. The Morgan fingerprint density at radius 2 is 2.11 bits per heavy atom. The molecule has 98 valence electrons. The van der Waals surface area contributed by atoms with E-state index in [9.17, 15) is 9.90 Å². The maximum Gasteiger partial charge on any atom is 0.239 e. The summed E-state index contributed by atoms with van der Waals surface area (Å²) in [4.78, 5) is 14.0. The Morgan fingerprint density at radius 3 is 2.78 bits per heavy atom. The van der Waals surface area contributed by atoms with E-state index in [-0.39, 0.29) is 18.6 Å². The Labute approximate surface area is 108 Å². The topological polar surface area (TPSA) is 52.6 Å². The molecule has 0 radical (unpaired) electrons. The number of hydrogen-bond donors (Lipinski definition) is 2. The van der Waals surface area contributed by atoms with Gasteiger partial charge in [-0.1, -0.05) is 30.3 Å². The molecule has 0 spiro atoms. The van der Waals surface area contributed by atoms with Gasteiger partial charge < -0.3 is 10.4 Å². The highest BCUT2D eigenvalue weighted by Crippen LogP contribution is 2.13. The zero-order chi connectivity index (χ0) is 13.0. The van der Waals surface area contributed by atoms with Gasteiger partial charge >= 0.3 is 0 Å². The van der Waals surface area contributed by atoms with Gasteiger partial charge in [-0.3, -0.25) is 9.69 Å². The molecule has 0 saturated carbocycles. The number of benzene rings is 1. The SMILES string of the molecule is CC1CCN(Cc2ccccc2)C(CO)C(=O)N1. The summed E-state index contributed by atoms with van der Waals surface area (Å²) in [5.74, 6) is -0.0709. The van der Waals surface area contributed by atoms with Crippen LogP contribution in [-0.2, 0) is 11.3 Å². The lowest BCUT2D eigenvalue weighted by Gasteiger charge is -2.26. The van der Waals surface area contributed by atoms with Crippen LogP contribution in [0.5, 0.6) is 0 Å². The summed E-state index contributed by atoms with van der Waals surface area (Å²) < 4.78 is 0. The molecule has 4 heteroatoms. The van der Waals surface area contributed by atoms with E-state index in [1.54, 1.807) is 0 Å². The molecule has 2 N–H and O–H groups in total. The zero-order valence-electron chi connectivity index (χ0n) is 10.7. The second-order valence-electron chi connectivity index (χ2n) is 4.85. The van der Waals surface area contributed by atoms with E-state index in [0.29, 0.717) is 6.54 Å². The minimum atomic E-state index is -0.435. The molecular formula is C14H20N2O2. The first-order chi connectivity index (χ1) is 8.70. The quantitative estimate of drug-likeness (QED) is 0.830. The zero-order valence-corrected chi connectivity index (χ0v) is 10.7. The Kier molecular flexibility index (Phi) is 4.33. The third-order valence-corrected chi connectivity index (χ3v) is 3.38. The lowest BCUT2D eigenvalue weighted by atomic mass is 10.1. The highest BCUT2D eigenvalue weighted by atomic mass is 16.3. The summed E-state index contributed by atoms with van der Waals surface area (Å²) in [5, 5.41) is 12.3. The van der Waals surface area contributed by atoms with E-state index < -0.39 is 6.04 Å². The minimum Gasteiger partial charge on any atom is -0.394 e. The average molecular weight is 248 g/mol. The molecule has 1 aromatic carbocycles. The Balaban J connectivity index is 2.11. The van der Waals surface area contributed by atoms with Crippen LogP contribution in [0.15, 0.2) is 30.3 Å². The molecule has 1 fully saturated rings. The molecular weight excluding hydrogens is 228 g/mol. The van der Waals surface area contributed by atoms with Crippen molar-refractivity contribution in [2.45, 2.75) is 32.0 Å². The predicted molar refractivity (Wildman–Crippen MR) is 69.9 cm³/mol. The lowest BCUT2D eigenvalue weighted by Crippen LogP contribution is -2.47. The molecule has 1 aliphatic heterocycles. The fraction of sp³-hybridized carbons (Fsp3) is 0.500. The van der Waals surface area contributed by atoms with Crippen LogP contribution < -0.4 is 5.32 Å². The van der Waals surface area contributed by atoms with Crippen LogP contribution >= 0.6 is 0 Å². The first-order valence-electron chi connectivity index (χ1n) is 6.40. The van der Waals surface area contributed by atoms with Crippen LogP contribution in [-0.4, -0.2) is 41.1 Å². The summed E-state index contributed by atoms with van der Waals surface area (Å²) in [7, 11) is 0. The van der Waals surface area contributed by atoms with Gasteiger partial charge in [0.15, 0.2) is 0 Å². The van der Waals surface area contributed by atoms with Gasteiger partial charge in [0.25, 0.3) is 0 Å². The number of aliphatic hydroxyl groups excluding tert-OH is 1. The van der Waals surface area contributed by atoms with Gasteiger partial charge in [0.2, 0.25) is 5.91 Å². The second kappa shape index (κ2) is 5.98. The molecule has 4 nitrogen and oxygen atoms in total. The van der Waals surface area contributed by atoms with Crippen LogP contribution in [0.2, 0.25) is 0 Å². The molecule has 0 aromatic heterocycles. The molecule has 2 atom stereocenters. The van der Waals surface area contributed by atoms with Crippen molar-refractivity contribution in [1.29, 1.82) is 0 Å². The van der Waals surface area contributed by atoms with Crippen molar-refractivity contribution in [3.8, 4) is 0 Å². The minimum absolute atomic E-state index is 0.0709. The molecule has 1 heterocycles. The smallest absolute Gasteiger partial charge is 0.239 e. The molecule has 2 rings (SSSR count).